The van der Waals surface area contributed by atoms with Crippen molar-refractivity contribution in [2.75, 3.05) is 17.2 Å². The molecule has 0 spiro atoms. The Balaban J connectivity index is 1.75. The number of carbonyl (C=O) groups excluding carboxylic acids is 1. The summed E-state index contributed by atoms with van der Waals surface area (Å²) in [4.78, 5) is 20.7. The Morgan fingerprint density at radius 2 is 2.03 bits per heavy atom. The summed E-state index contributed by atoms with van der Waals surface area (Å²) in [6.45, 7) is 0.416. The number of alkyl halides is 3. The van der Waals surface area contributed by atoms with E-state index in [4.69, 9.17) is 5.26 Å². The monoisotopic (exact) mass is 405 g/mol. The SMILES string of the molecule is N#Cc1cc(NC(=O)c2nccnc2NCC2CCCC2O)ccc1C(F)(F)F. The number of halogens is 3. The minimum Gasteiger partial charge on any atom is -0.393 e. The van der Waals surface area contributed by atoms with Gasteiger partial charge in [-0.2, -0.15) is 18.4 Å². The van der Waals surface area contributed by atoms with Gasteiger partial charge in [0.2, 0.25) is 0 Å². The number of nitrogens with zero attached hydrogens (tertiary/aromatic N) is 3. The molecule has 2 atom stereocenters. The highest BCUT2D eigenvalue weighted by Gasteiger charge is 2.33. The number of amides is 1. The van der Waals surface area contributed by atoms with Crippen LogP contribution in [-0.2, 0) is 6.18 Å². The number of anilines is 2. The Kier molecular flexibility index (Phi) is 5.98. The Morgan fingerprint density at radius 1 is 1.28 bits per heavy atom. The van der Waals surface area contributed by atoms with Crippen molar-refractivity contribution >= 4 is 17.4 Å². The molecule has 3 rings (SSSR count). The highest BCUT2D eigenvalue weighted by molar-refractivity contribution is 6.06. The van der Waals surface area contributed by atoms with Crippen molar-refractivity contribution in [3.05, 3.63) is 47.4 Å². The molecular weight excluding hydrogens is 387 g/mol. The number of hydrogen-bond donors (Lipinski definition) is 3. The van der Waals surface area contributed by atoms with Crippen LogP contribution in [-0.4, -0.2) is 33.6 Å². The normalized spacial score (nSPS) is 18.9. The lowest BCUT2D eigenvalue weighted by Gasteiger charge is -2.16. The highest BCUT2D eigenvalue weighted by Crippen LogP contribution is 2.33. The molecule has 29 heavy (non-hydrogen) atoms. The summed E-state index contributed by atoms with van der Waals surface area (Å²) in [5.41, 5.74) is -1.68. The van der Waals surface area contributed by atoms with Crippen LogP contribution in [0.25, 0.3) is 0 Å². The highest BCUT2D eigenvalue weighted by atomic mass is 19.4. The van der Waals surface area contributed by atoms with E-state index in [0.717, 1.165) is 37.5 Å². The number of aromatic nitrogens is 2. The molecular formula is C19H18F3N5O2. The largest absolute Gasteiger partial charge is 0.417 e. The zero-order valence-corrected chi connectivity index (χ0v) is 15.2. The van der Waals surface area contributed by atoms with Crippen molar-refractivity contribution in [3.63, 3.8) is 0 Å². The van der Waals surface area contributed by atoms with Gasteiger partial charge in [-0.25, -0.2) is 9.97 Å². The standard InChI is InChI=1S/C19H18F3N5O2/c20-19(21,22)14-5-4-13(8-12(14)9-23)27-18(29)16-17(25-7-6-24-16)26-10-11-2-1-3-15(11)28/h4-8,11,15,28H,1-3,10H2,(H,25,26)(H,27,29). The zero-order chi connectivity index (χ0) is 21.0. The van der Waals surface area contributed by atoms with Crippen LogP contribution < -0.4 is 10.6 Å². The topological polar surface area (TPSA) is 111 Å². The molecule has 0 radical (unpaired) electrons. The summed E-state index contributed by atoms with van der Waals surface area (Å²) in [7, 11) is 0. The Bertz CT molecular complexity index is 942. The van der Waals surface area contributed by atoms with Gasteiger partial charge in [0.15, 0.2) is 11.5 Å². The van der Waals surface area contributed by atoms with E-state index < -0.39 is 29.3 Å². The number of carbonyl (C=O) groups is 1. The average molecular weight is 405 g/mol. The summed E-state index contributed by atoms with van der Waals surface area (Å²) in [6.07, 6.45) is 0.159. The minimum atomic E-state index is -4.67. The summed E-state index contributed by atoms with van der Waals surface area (Å²) in [6, 6.07) is 4.26. The molecule has 1 heterocycles. The summed E-state index contributed by atoms with van der Waals surface area (Å²) in [5, 5.41) is 24.3. The third-order valence-electron chi connectivity index (χ3n) is 4.77. The minimum absolute atomic E-state index is 0.0300. The molecule has 1 aromatic heterocycles. The first-order valence-electron chi connectivity index (χ1n) is 8.95. The van der Waals surface area contributed by atoms with Gasteiger partial charge in [-0.1, -0.05) is 6.42 Å². The maximum absolute atomic E-state index is 12.9. The molecule has 1 aliphatic carbocycles. The Hall–Kier alpha value is -3.19. The lowest BCUT2D eigenvalue weighted by Crippen LogP contribution is -2.24. The van der Waals surface area contributed by atoms with Gasteiger partial charge in [0, 0.05) is 30.5 Å². The molecule has 152 valence electrons. The van der Waals surface area contributed by atoms with Gasteiger partial charge in [0.1, 0.15) is 0 Å². The number of aliphatic hydroxyl groups is 1. The lowest BCUT2D eigenvalue weighted by atomic mass is 10.1. The lowest BCUT2D eigenvalue weighted by molar-refractivity contribution is -0.137. The number of rotatable bonds is 5. The van der Waals surface area contributed by atoms with E-state index in [-0.39, 0.29) is 23.1 Å². The molecule has 2 aromatic rings. The maximum Gasteiger partial charge on any atom is 0.417 e. The van der Waals surface area contributed by atoms with Crippen LogP contribution in [0, 0.1) is 17.2 Å². The molecule has 0 aliphatic heterocycles. The van der Waals surface area contributed by atoms with Gasteiger partial charge >= 0.3 is 6.18 Å². The maximum atomic E-state index is 12.9. The molecule has 1 aromatic carbocycles. The van der Waals surface area contributed by atoms with Crippen LogP contribution in [0.1, 0.15) is 40.9 Å². The smallest absolute Gasteiger partial charge is 0.393 e. The van der Waals surface area contributed by atoms with Crippen LogP contribution in [0.5, 0.6) is 0 Å². The van der Waals surface area contributed by atoms with Gasteiger partial charge in [0.05, 0.1) is 23.3 Å². The molecule has 7 nitrogen and oxygen atoms in total. The van der Waals surface area contributed by atoms with E-state index in [9.17, 15) is 23.1 Å². The van der Waals surface area contributed by atoms with Crippen LogP contribution >= 0.6 is 0 Å². The summed E-state index contributed by atoms with van der Waals surface area (Å²) in [5.74, 6) is -0.436. The molecule has 3 N–H and O–H groups in total. The molecule has 1 aliphatic rings. The second-order valence-corrected chi connectivity index (χ2v) is 6.72. The number of nitrogens with one attached hydrogen (secondary N) is 2. The molecule has 2 unspecified atom stereocenters. The van der Waals surface area contributed by atoms with Crippen molar-refractivity contribution in [3.8, 4) is 6.07 Å². The first kappa shape index (κ1) is 20.5. The quantitative estimate of drug-likeness (QED) is 0.705. The number of benzene rings is 1. The zero-order valence-electron chi connectivity index (χ0n) is 15.2. The van der Waals surface area contributed by atoms with Crippen LogP contribution in [0.2, 0.25) is 0 Å². The molecule has 0 saturated heterocycles. The molecule has 0 bridgehead atoms. The fourth-order valence-electron chi connectivity index (χ4n) is 3.27. The van der Waals surface area contributed by atoms with E-state index >= 15 is 0 Å². The van der Waals surface area contributed by atoms with E-state index in [0.29, 0.717) is 6.54 Å². The van der Waals surface area contributed by atoms with Gasteiger partial charge in [-0.3, -0.25) is 4.79 Å². The van der Waals surface area contributed by atoms with Crippen LogP contribution in [0.3, 0.4) is 0 Å². The molecule has 10 heteroatoms. The van der Waals surface area contributed by atoms with Crippen molar-refractivity contribution in [2.45, 2.75) is 31.5 Å². The van der Waals surface area contributed by atoms with Crippen LogP contribution in [0.15, 0.2) is 30.6 Å². The summed E-state index contributed by atoms with van der Waals surface area (Å²) < 4.78 is 38.7. The third-order valence-corrected chi connectivity index (χ3v) is 4.77. The van der Waals surface area contributed by atoms with Crippen molar-refractivity contribution < 1.29 is 23.1 Å². The van der Waals surface area contributed by atoms with E-state index in [2.05, 4.69) is 20.6 Å². The first-order valence-corrected chi connectivity index (χ1v) is 8.95. The van der Waals surface area contributed by atoms with Crippen molar-refractivity contribution in [1.82, 2.24) is 9.97 Å². The first-order chi connectivity index (χ1) is 13.8. The van der Waals surface area contributed by atoms with E-state index in [1.165, 1.54) is 18.5 Å². The third kappa shape index (κ3) is 4.81. The second kappa shape index (κ2) is 8.45. The Morgan fingerprint density at radius 3 is 2.69 bits per heavy atom. The number of aliphatic hydroxyl groups excluding tert-OH is 1. The van der Waals surface area contributed by atoms with E-state index in [1.807, 2.05) is 0 Å². The number of nitriles is 1. The van der Waals surface area contributed by atoms with Crippen molar-refractivity contribution in [2.24, 2.45) is 5.92 Å². The fraction of sp³-hybridized carbons (Fsp3) is 0.368. The molecule has 1 saturated carbocycles. The predicted octanol–water partition coefficient (Wildman–Crippen LogP) is 3.19. The predicted molar refractivity (Wildman–Crippen MR) is 98.0 cm³/mol. The average Bonchev–Trinajstić information content (AvgIpc) is 3.10. The second-order valence-electron chi connectivity index (χ2n) is 6.72. The molecule has 1 fully saturated rings. The molecule has 1 amide bonds. The van der Waals surface area contributed by atoms with Gasteiger partial charge in [-0.15, -0.1) is 0 Å². The summed E-state index contributed by atoms with van der Waals surface area (Å²) >= 11 is 0. The fourth-order valence-corrected chi connectivity index (χ4v) is 3.27. The van der Waals surface area contributed by atoms with E-state index in [1.54, 1.807) is 0 Å². The van der Waals surface area contributed by atoms with Gasteiger partial charge < -0.3 is 15.7 Å². The number of hydrogen-bond acceptors (Lipinski definition) is 6. The van der Waals surface area contributed by atoms with Crippen LogP contribution in [0.4, 0.5) is 24.7 Å². The van der Waals surface area contributed by atoms with Gasteiger partial charge in [0.25, 0.3) is 5.91 Å². The van der Waals surface area contributed by atoms with Gasteiger partial charge in [-0.05, 0) is 31.0 Å². The Labute approximate surface area is 164 Å². The van der Waals surface area contributed by atoms with Crippen molar-refractivity contribution in [1.29, 1.82) is 5.26 Å².